The van der Waals surface area contributed by atoms with Gasteiger partial charge in [0.15, 0.2) is 0 Å². The molecular weight excluding hydrogens is 533 g/mol. The first-order chi connectivity index (χ1) is 3.46. The summed E-state index contributed by atoms with van der Waals surface area (Å²) in [5.74, 6) is 0. The van der Waals surface area contributed by atoms with Crippen molar-refractivity contribution >= 4 is 68.1 Å². The molecule has 0 spiro atoms. The molecule has 0 amide bonds. The number of hydrogen-bond donors (Lipinski definition) is 1. The Kier molecular flexibility index (Phi) is 37.2. The molecule has 6 nitrogen and oxygen atoms in total. The van der Waals surface area contributed by atoms with Crippen molar-refractivity contribution in [3.8, 4) is 0 Å². The summed E-state index contributed by atoms with van der Waals surface area (Å²) in [7, 11) is -2.67. The summed E-state index contributed by atoms with van der Waals surface area (Å²) >= 11 is 0. The predicted octanol–water partition coefficient (Wildman–Crippen LogP) is -6.52. The van der Waals surface area contributed by atoms with Crippen molar-refractivity contribution in [2.24, 2.45) is 0 Å². The van der Waals surface area contributed by atoms with Crippen molar-refractivity contribution in [1.82, 2.24) is 0 Å². The van der Waals surface area contributed by atoms with Gasteiger partial charge in [0.25, 0.3) is 0 Å². The van der Waals surface area contributed by atoms with Crippen molar-refractivity contribution in [3.05, 3.63) is 0 Å². The van der Waals surface area contributed by atoms with Gasteiger partial charge in [-0.1, -0.05) is 0 Å². The third kappa shape index (κ3) is 525. The second-order valence-corrected chi connectivity index (χ2v) is 0.557. The molecule has 0 aliphatic rings. The van der Waals surface area contributed by atoms with Crippen LogP contribution in [0.15, 0.2) is 0 Å². The van der Waals surface area contributed by atoms with Crippen LogP contribution >= 0.6 is 0 Å². The van der Waals surface area contributed by atoms with Crippen LogP contribution in [0.25, 0.3) is 0 Å². The Hall–Kier alpha value is 1.06. The zero-order valence-corrected chi connectivity index (χ0v) is 12.3. The molecule has 0 fully saturated rings. The van der Waals surface area contributed by atoms with Crippen LogP contribution in [0.3, 0.4) is 0 Å². The second kappa shape index (κ2) is 16.6. The van der Waals surface area contributed by atoms with Crippen LogP contribution in [-0.2, 0) is 0 Å². The van der Waals surface area contributed by atoms with Crippen molar-refractivity contribution < 1.29 is 30.1 Å². The Balaban J connectivity index is -0.0000000300. The minimum Gasteiger partial charge on any atom is -0.871 e. The quantitative estimate of drug-likeness (QED) is 0.308. The van der Waals surface area contributed by atoms with E-state index < -0.39 is 13.5 Å². The molecule has 0 saturated heterocycles. The summed E-state index contributed by atoms with van der Waals surface area (Å²) in [6.07, 6.45) is -2.33. The van der Waals surface area contributed by atoms with Crippen LogP contribution in [-0.4, -0.2) is 73.1 Å². The summed E-state index contributed by atoms with van der Waals surface area (Å²) in [6.45, 7) is 0. The molecule has 4 radical (unpaired) electrons. The van der Waals surface area contributed by atoms with Crippen LogP contribution in [0.4, 0.5) is 4.79 Å². The van der Waals surface area contributed by atoms with Crippen LogP contribution in [0.1, 0.15) is 0 Å². The maximum atomic E-state index is 8.53. The molecule has 0 aromatic carbocycles. The summed E-state index contributed by atoms with van der Waals surface area (Å²) in [5.41, 5.74) is 0. The van der Waals surface area contributed by atoms with E-state index in [0.717, 1.165) is 0 Å². The van der Waals surface area contributed by atoms with Crippen molar-refractivity contribution in [2.45, 2.75) is 0 Å². The fourth-order valence-electron chi connectivity index (χ4n) is 0. The molecule has 0 heterocycles. The fourth-order valence-corrected chi connectivity index (χ4v) is 0. The molecule has 0 aromatic rings. The van der Waals surface area contributed by atoms with E-state index in [-0.39, 0.29) is 54.6 Å². The van der Waals surface area contributed by atoms with Gasteiger partial charge in [-0.15, -0.1) is 0 Å². The maximum absolute atomic E-state index is 8.53. The van der Waals surface area contributed by atoms with E-state index in [2.05, 4.69) is 0 Å². The molecule has 52 valence electrons. The first-order valence-electron chi connectivity index (χ1n) is 1.34. The minimum atomic E-state index is -2.67. The van der Waals surface area contributed by atoms with E-state index in [0.29, 0.717) is 0 Å². The zero-order valence-electron chi connectivity index (χ0n) is 4.57. The first kappa shape index (κ1) is 22.5. The van der Waals surface area contributed by atoms with Crippen LogP contribution in [0, 0.1) is 0 Å². The Bertz CT molecular complexity index is 60.0. The summed E-state index contributed by atoms with van der Waals surface area (Å²) < 4.78 is 0. The van der Waals surface area contributed by atoms with E-state index >= 15 is 0 Å². The van der Waals surface area contributed by atoms with Crippen molar-refractivity contribution in [3.63, 3.8) is 0 Å². The zero-order chi connectivity index (χ0) is 7.15. The van der Waals surface area contributed by atoms with Gasteiger partial charge >= 0.3 is 54.6 Å². The largest absolute Gasteiger partial charge is 2.00 e. The van der Waals surface area contributed by atoms with Gasteiger partial charge in [0, 0.05) is 0 Å². The minimum absolute atomic E-state index is 0. The number of carboxylic acid groups (broad SMARTS) is 2. The summed E-state index contributed by atoms with van der Waals surface area (Å²) in [5, 5.41) is 40.7. The number of carbonyl (C=O) groups is 1. The molecule has 9 heteroatoms. The van der Waals surface area contributed by atoms with Gasteiger partial charge < -0.3 is 30.1 Å². The molecular formula is CHBO6Pb2. The van der Waals surface area contributed by atoms with Gasteiger partial charge in [-0.2, -0.15) is 0 Å². The van der Waals surface area contributed by atoms with Crippen molar-refractivity contribution in [2.75, 3.05) is 0 Å². The molecule has 0 bridgehead atoms. The molecule has 0 unspecified atom stereocenters. The standard InChI is InChI=1S/CH2O3.BHO3.2Pb/c2*2-1(3)4;;/h(H2,2,3,4);2H;;/q;-2;2*+2/p-2. The fraction of sp³-hybridized carbons (Fsp3) is 0. The molecule has 0 aliphatic carbocycles. The van der Waals surface area contributed by atoms with E-state index in [1.807, 2.05) is 0 Å². The molecule has 0 aromatic heterocycles. The van der Waals surface area contributed by atoms with Crippen molar-refractivity contribution in [1.29, 1.82) is 0 Å². The summed E-state index contributed by atoms with van der Waals surface area (Å²) in [4.78, 5) is 8.33. The molecule has 0 saturated carbocycles. The number of carbonyl (C=O) groups excluding carboxylic acids is 1. The third-order valence-corrected chi connectivity index (χ3v) is 0. The smallest absolute Gasteiger partial charge is 0.871 e. The average Bonchev–Trinajstić information content (AvgIpc) is 1.25. The van der Waals surface area contributed by atoms with E-state index in [9.17, 15) is 0 Å². The Labute approximate surface area is 97.4 Å². The van der Waals surface area contributed by atoms with E-state index in [1.165, 1.54) is 0 Å². The third-order valence-electron chi connectivity index (χ3n) is 0. The average molecular weight is 534 g/mol. The van der Waals surface area contributed by atoms with Gasteiger partial charge in [0.05, 0.1) is 7.32 Å². The monoisotopic (exact) mass is 536 g/mol. The van der Waals surface area contributed by atoms with Crippen LogP contribution in [0.5, 0.6) is 0 Å². The Morgan fingerprint density at radius 2 is 1.20 bits per heavy atom. The van der Waals surface area contributed by atoms with E-state index in [1.54, 1.807) is 0 Å². The number of rotatable bonds is 0. The van der Waals surface area contributed by atoms with Crippen LogP contribution in [0.2, 0.25) is 0 Å². The summed E-state index contributed by atoms with van der Waals surface area (Å²) in [6, 6.07) is 0. The Morgan fingerprint density at radius 1 is 1.20 bits per heavy atom. The molecule has 0 atom stereocenters. The second-order valence-electron chi connectivity index (χ2n) is 0.557. The van der Waals surface area contributed by atoms with E-state index in [4.69, 9.17) is 30.1 Å². The van der Waals surface area contributed by atoms with Gasteiger partial charge in [0.2, 0.25) is 0 Å². The number of hydrogen-bond acceptors (Lipinski definition) is 6. The molecule has 10 heavy (non-hydrogen) atoms. The predicted molar refractivity (Wildman–Crippen MR) is 24.9 cm³/mol. The first-order valence-corrected chi connectivity index (χ1v) is 1.34. The van der Waals surface area contributed by atoms with Gasteiger partial charge in [0.1, 0.15) is 0 Å². The maximum Gasteiger partial charge on any atom is 2.00 e. The SMILES string of the molecule is O=C([O-])[O-].[O-]B([O-])O.[Pb+2].[Pb+2]. The normalized spacial score (nSPS) is 5.10. The molecule has 0 rings (SSSR count). The van der Waals surface area contributed by atoms with Gasteiger partial charge in [-0.05, 0) is 6.16 Å². The Morgan fingerprint density at radius 3 is 1.20 bits per heavy atom. The van der Waals surface area contributed by atoms with Gasteiger partial charge in [-0.3, -0.25) is 0 Å². The van der Waals surface area contributed by atoms with Gasteiger partial charge in [-0.25, -0.2) is 0 Å². The van der Waals surface area contributed by atoms with Crippen LogP contribution < -0.4 is 20.3 Å². The topological polar surface area (TPSA) is 130 Å². The molecule has 1 N–H and O–H groups in total. The molecule has 0 aliphatic heterocycles.